The molecule has 2 aliphatic carbocycles. The average molecular weight is 251 g/mol. The van der Waals surface area contributed by atoms with Crippen LogP contribution < -0.4 is 11.3 Å². The second kappa shape index (κ2) is 5.04. The number of hydrogen-bond acceptors (Lipinski definition) is 4. The van der Waals surface area contributed by atoms with E-state index in [9.17, 15) is 0 Å². The van der Waals surface area contributed by atoms with Gasteiger partial charge in [-0.25, -0.2) is 4.98 Å². The van der Waals surface area contributed by atoms with Crippen molar-refractivity contribution in [2.45, 2.75) is 44.6 Å². The molecule has 2 fully saturated rings. The first-order valence-corrected chi connectivity index (χ1v) is 7.57. The number of nitrogens with two attached hydrogens (primary N) is 1. The molecule has 1 heterocycles. The summed E-state index contributed by atoms with van der Waals surface area (Å²) in [7, 11) is 0. The Balaban J connectivity index is 1.55. The number of nitrogens with one attached hydrogen (secondary N) is 1. The highest BCUT2D eigenvalue weighted by molar-refractivity contribution is 7.09. The van der Waals surface area contributed by atoms with Crippen molar-refractivity contribution < 1.29 is 0 Å². The van der Waals surface area contributed by atoms with Gasteiger partial charge in [0.15, 0.2) is 0 Å². The second-order valence-electron chi connectivity index (χ2n) is 5.66. The van der Waals surface area contributed by atoms with Crippen LogP contribution in [-0.2, 0) is 6.42 Å². The molecule has 4 unspecified atom stereocenters. The van der Waals surface area contributed by atoms with Gasteiger partial charge in [0.1, 0.15) is 0 Å². The maximum absolute atomic E-state index is 5.69. The van der Waals surface area contributed by atoms with Gasteiger partial charge in [-0.1, -0.05) is 6.42 Å². The molecule has 3 nitrogen and oxygen atoms in total. The fourth-order valence-corrected chi connectivity index (χ4v) is 4.50. The van der Waals surface area contributed by atoms with Gasteiger partial charge in [-0.15, -0.1) is 11.3 Å². The maximum Gasteiger partial charge on any atom is 0.0940 e. The number of rotatable bonds is 5. The lowest BCUT2D eigenvalue weighted by molar-refractivity contribution is 0.277. The lowest BCUT2D eigenvalue weighted by Crippen LogP contribution is -2.39. The minimum Gasteiger partial charge on any atom is -0.271 e. The molecule has 3 N–H and O–H groups in total. The summed E-state index contributed by atoms with van der Waals surface area (Å²) < 4.78 is 0. The van der Waals surface area contributed by atoms with Crippen molar-refractivity contribution in [1.82, 2.24) is 10.4 Å². The summed E-state index contributed by atoms with van der Waals surface area (Å²) in [6.45, 7) is 0. The van der Waals surface area contributed by atoms with Crippen LogP contribution >= 0.6 is 11.3 Å². The van der Waals surface area contributed by atoms with Crippen molar-refractivity contribution in [3.05, 3.63) is 16.6 Å². The van der Waals surface area contributed by atoms with Crippen molar-refractivity contribution >= 4 is 11.3 Å². The molecule has 4 atom stereocenters. The minimum atomic E-state index is 0.408. The number of hydrazine groups is 1. The molecule has 0 aliphatic heterocycles. The third kappa shape index (κ3) is 2.54. The largest absolute Gasteiger partial charge is 0.271 e. The molecule has 4 heteroatoms. The van der Waals surface area contributed by atoms with E-state index in [4.69, 9.17) is 5.84 Å². The van der Waals surface area contributed by atoms with E-state index in [0.717, 1.165) is 24.2 Å². The summed E-state index contributed by atoms with van der Waals surface area (Å²) in [5.41, 5.74) is 2.99. The highest BCUT2D eigenvalue weighted by Gasteiger charge is 2.39. The zero-order chi connectivity index (χ0) is 11.7. The van der Waals surface area contributed by atoms with Crippen LogP contribution in [0, 0.1) is 17.8 Å². The van der Waals surface area contributed by atoms with Gasteiger partial charge < -0.3 is 0 Å². The predicted molar refractivity (Wildman–Crippen MR) is 70.5 cm³/mol. The van der Waals surface area contributed by atoms with E-state index < -0.39 is 0 Å². The number of hydrogen-bond donors (Lipinski definition) is 2. The van der Waals surface area contributed by atoms with Crippen molar-refractivity contribution in [3.63, 3.8) is 0 Å². The summed E-state index contributed by atoms with van der Waals surface area (Å²) in [6.07, 6.45) is 9.97. The van der Waals surface area contributed by atoms with Gasteiger partial charge in [0.05, 0.1) is 5.01 Å². The first kappa shape index (κ1) is 11.6. The van der Waals surface area contributed by atoms with Crippen molar-refractivity contribution in [3.8, 4) is 0 Å². The van der Waals surface area contributed by atoms with Crippen LogP contribution in [0.1, 0.15) is 37.1 Å². The Morgan fingerprint density at radius 3 is 3.00 bits per heavy atom. The molecular formula is C13H21N3S. The highest BCUT2D eigenvalue weighted by Crippen LogP contribution is 2.49. The molecule has 2 bridgehead atoms. The van der Waals surface area contributed by atoms with Gasteiger partial charge >= 0.3 is 0 Å². The van der Waals surface area contributed by atoms with E-state index >= 15 is 0 Å². The van der Waals surface area contributed by atoms with Crippen LogP contribution in [0.3, 0.4) is 0 Å². The standard InChI is InChI=1S/C13H21N3S/c14-16-12(8-13-15-3-4-17-13)7-11-6-9-1-2-10(11)5-9/h3-4,9-12,16H,1-2,5-8,14H2. The lowest BCUT2D eigenvalue weighted by Gasteiger charge is -2.25. The Kier molecular flexibility index (Phi) is 3.45. The second-order valence-corrected chi connectivity index (χ2v) is 6.64. The summed E-state index contributed by atoms with van der Waals surface area (Å²) in [5, 5.41) is 3.25. The summed E-state index contributed by atoms with van der Waals surface area (Å²) in [5.74, 6) is 8.63. The van der Waals surface area contributed by atoms with E-state index in [-0.39, 0.29) is 0 Å². The molecule has 94 valence electrons. The van der Waals surface area contributed by atoms with Crippen LogP contribution in [0.15, 0.2) is 11.6 Å². The van der Waals surface area contributed by atoms with E-state index in [1.165, 1.54) is 37.1 Å². The quantitative estimate of drug-likeness (QED) is 0.624. The summed E-state index contributed by atoms with van der Waals surface area (Å²) in [4.78, 5) is 4.35. The first-order valence-electron chi connectivity index (χ1n) is 6.69. The fourth-order valence-electron chi connectivity index (χ4n) is 3.81. The number of nitrogens with zero attached hydrogens (tertiary/aromatic N) is 1. The van der Waals surface area contributed by atoms with Crippen LogP contribution in [-0.4, -0.2) is 11.0 Å². The Bertz CT molecular complexity index is 352. The maximum atomic E-state index is 5.69. The summed E-state index contributed by atoms with van der Waals surface area (Å²) >= 11 is 1.73. The van der Waals surface area contributed by atoms with E-state index in [1.54, 1.807) is 11.3 Å². The molecule has 0 radical (unpaired) electrons. The fraction of sp³-hybridized carbons (Fsp3) is 0.769. The Labute approximate surface area is 107 Å². The van der Waals surface area contributed by atoms with Crippen molar-refractivity contribution in [2.24, 2.45) is 23.6 Å². The van der Waals surface area contributed by atoms with E-state index in [0.29, 0.717) is 6.04 Å². The minimum absolute atomic E-state index is 0.408. The molecule has 2 saturated carbocycles. The predicted octanol–water partition coefficient (Wildman–Crippen LogP) is 2.34. The van der Waals surface area contributed by atoms with Gasteiger partial charge in [0, 0.05) is 24.0 Å². The Hall–Kier alpha value is -0.450. The third-order valence-electron chi connectivity index (χ3n) is 4.61. The first-order chi connectivity index (χ1) is 8.35. The molecule has 1 aromatic heterocycles. The molecule has 0 saturated heterocycles. The van der Waals surface area contributed by atoms with Gasteiger partial charge in [-0.05, 0) is 43.4 Å². The molecule has 17 heavy (non-hydrogen) atoms. The van der Waals surface area contributed by atoms with Gasteiger partial charge in [-0.3, -0.25) is 11.3 Å². The number of fused-ring (bicyclic) bond motifs is 2. The van der Waals surface area contributed by atoms with Gasteiger partial charge in [0.2, 0.25) is 0 Å². The molecule has 0 amide bonds. The third-order valence-corrected chi connectivity index (χ3v) is 5.41. The topological polar surface area (TPSA) is 50.9 Å². The molecule has 0 aromatic carbocycles. The Morgan fingerprint density at radius 1 is 1.47 bits per heavy atom. The monoisotopic (exact) mass is 251 g/mol. The molecular weight excluding hydrogens is 230 g/mol. The SMILES string of the molecule is NNC(Cc1nccs1)CC1CC2CCC1C2. The Morgan fingerprint density at radius 2 is 2.41 bits per heavy atom. The number of thiazole rings is 1. The zero-order valence-electron chi connectivity index (χ0n) is 10.1. The van der Waals surface area contributed by atoms with Gasteiger partial charge in [-0.2, -0.15) is 0 Å². The molecule has 0 spiro atoms. The lowest BCUT2D eigenvalue weighted by atomic mass is 9.84. The highest BCUT2D eigenvalue weighted by atomic mass is 32.1. The summed E-state index contributed by atoms with van der Waals surface area (Å²) in [6, 6.07) is 0.408. The smallest absolute Gasteiger partial charge is 0.0940 e. The van der Waals surface area contributed by atoms with Crippen LogP contribution in [0.4, 0.5) is 0 Å². The molecule has 2 aliphatic rings. The van der Waals surface area contributed by atoms with Crippen molar-refractivity contribution in [2.75, 3.05) is 0 Å². The van der Waals surface area contributed by atoms with E-state index in [2.05, 4.69) is 10.4 Å². The van der Waals surface area contributed by atoms with Crippen LogP contribution in [0.25, 0.3) is 0 Å². The van der Waals surface area contributed by atoms with E-state index in [1.807, 2.05) is 11.6 Å². The zero-order valence-corrected chi connectivity index (χ0v) is 11.0. The van der Waals surface area contributed by atoms with Crippen molar-refractivity contribution in [1.29, 1.82) is 0 Å². The number of aromatic nitrogens is 1. The van der Waals surface area contributed by atoms with Crippen LogP contribution in [0.5, 0.6) is 0 Å². The van der Waals surface area contributed by atoms with Crippen LogP contribution in [0.2, 0.25) is 0 Å². The van der Waals surface area contributed by atoms with Gasteiger partial charge in [0.25, 0.3) is 0 Å². The molecule has 1 aromatic rings. The molecule has 3 rings (SSSR count). The average Bonchev–Trinajstić information content (AvgIpc) is 3.04. The normalized spacial score (nSPS) is 33.1.